The van der Waals surface area contributed by atoms with E-state index in [4.69, 9.17) is 0 Å². The van der Waals surface area contributed by atoms with Gasteiger partial charge < -0.3 is 10.6 Å². The maximum atomic E-state index is 12.2. The zero-order valence-electron chi connectivity index (χ0n) is 16.6. The number of nitrogens with one attached hydrogen (secondary N) is 2. The average molecular weight is 354 g/mol. The second-order valence-electron chi connectivity index (χ2n) is 7.32. The van der Waals surface area contributed by atoms with Crippen molar-refractivity contribution in [2.24, 2.45) is 0 Å². The largest absolute Gasteiger partial charge is 0.350 e. The van der Waals surface area contributed by atoms with Crippen molar-refractivity contribution in [1.29, 1.82) is 0 Å². The SMILES string of the molecule is CCC(C)NC(=O)c1cnc(Nc2c(C(C)C)cccc2C(C)C)nc1. The van der Waals surface area contributed by atoms with Crippen LogP contribution in [0.25, 0.3) is 0 Å². The Morgan fingerprint density at radius 3 is 2.00 bits per heavy atom. The number of nitrogens with zero attached hydrogens (tertiary/aromatic N) is 2. The number of carbonyl (C=O) groups excluding carboxylic acids is 1. The number of carbonyl (C=O) groups is 1. The minimum Gasteiger partial charge on any atom is -0.350 e. The molecule has 1 unspecified atom stereocenters. The van der Waals surface area contributed by atoms with Crippen molar-refractivity contribution in [2.75, 3.05) is 5.32 Å². The Bertz CT molecular complexity index is 712. The number of aromatic nitrogens is 2. The molecule has 1 aromatic heterocycles. The summed E-state index contributed by atoms with van der Waals surface area (Å²) in [6.07, 6.45) is 4.02. The molecule has 1 amide bonds. The maximum absolute atomic E-state index is 12.2. The lowest BCUT2D eigenvalue weighted by atomic mass is 9.93. The summed E-state index contributed by atoms with van der Waals surface area (Å²) >= 11 is 0. The van der Waals surface area contributed by atoms with Crippen molar-refractivity contribution >= 4 is 17.5 Å². The first kappa shape index (κ1) is 19.9. The third-order valence-electron chi connectivity index (χ3n) is 4.51. The van der Waals surface area contributed by atoms with Gasteiger partial charge in [-0.3, -0.25) is 4.79 Å². The van der Waals surface area contributed by atoms with Crippen LogP contribution in [-0.2, 0) is 0 Å². The first-order valence-electron chi connectivity index (χ1n) is 9.36. The molecule has 2 N–H and O–H groups in total. The first-order chi connectivity index (χ1) is 12.3. The first-order valence-corrected chi connectivity index (χ1v) is 9.36. The van der Waals surface area contributed by atoms with Crippen molar-refractivity contribution in [3.8, 4) is 0 Å². The number of amides is 1. The number of hydrogen-bond acceptors (Lipinski definition) is 4. The molecular weight excluding hydrogens is 324 g/mol. The van der Waals surface area contributed by atoms with Crippen LogP contribution in [0, 0.1) is 0 Å². The van der Waals surface area contributed by atoms with Gasteiger partial charge in [-0.1, -0.05) is 52.8 Å². The van der Waals surface area contributed by atoms with Crippen LogP contribution in [0.4, 0.5) is 11.6 Å². The fraction of sp³-hybridized carbons (Fsp3) is 0.476. The molecular formula is C21H30N4O. The normalized spacial score (nSPS) is 12.3. The van der Waals surface area contributed by atoms with E-state index in [0.29, 0.717) is 23.3 Å². The molecule has 2 aromatic rings. The van der Waals surface area contributed by atoms with E-state index in [1.807, 2.05) is 13.8 Å². The van der Waals surface area contributed by atoms with Crippen molar-refractivity contribution in [2.45, 2.75) is 65.8 Å². The van der Waals surface area contributed by atoms with Gasteiger partial charge in [0.05, 0.1) is 5.56 Å². The molecule has 1 heterocycles. The molecule has 0 bridgehead atoms. The predicted molar refractivity (Wildman–Crippen MR) is 107 cm³/mol. The molecule has 0 saturated heterocycles. The van der Waals surface area contributed by atoms with Crippen LogP contribution in [0.2, 0.25) is 0 Å². The zero-order valence-corrected chi connectivity index (χ0v) is 16.6. The van der Waals surface area contributed by atoms with Crippen LogP contribution in [0.5, 0.6) is 0 Å². The van der Waals surface area contributed by atoms with Crippen LogP contribution >= 0.6 is 0 Å². The van der Waals surface area contributed by atoms with Crippen molar-refractivity contribution < 1.29 is 4.79 Å². The average Bonchev–Trinajstić information content (AvgIpc) is 2.61. The second-order valence-corrected chi connectivity index (χ2v) is 7.32. The standard InChI is InChI=1S/C21H30N4O/c1-7-15(6)24-20(26)16-11-22-21(23-12-16)25-19-17(13(2)3)9-8-10-18(19)14(4)5/h8-15H,7H2,1-6H3,(H,24,26)(H,22,23,25). The highest BCUT2D eigenvalue weighted by Crippen LogP contribution is 2.33. The summed E-state index contributed by atoms with van der Waals surface area (Å²) in [4.78, 5) is 20.9. The third kappa shape index (κ3) is 4.81. The molecule has 0 radical (unpaired) electrons. The molecule has 5 heteroatoms. The van der Waals surface area contributed by atoms with E-state index in [2.05, 4.69) is 66.5 Å². The Balaban J connectivity index is 2.25. The van der Waals surface area contributed by atoms with Gasteiger partial charge in [0.25, 0.3) is 5.91 Å². The van der Waals surface area contributed by atoms with Gasteiger partial charge >= 0.3 is 0 Å². The number of rotatable bonds is 7. The summed E-state index contributed by atoms with van der Waals surface area (Å²) in [5.74, 6) is 1.13. The molecule has 1 aromatic carbocycles. The van der Waals surface area contributed by atoms with E-state index in [1.165, 1.54) is 11.1 Å². The minimum atomic E-state index is -0.142. The monoisotopic (exact) mass is 354 g/mol. The molecule has 0 aliphatic carbocycles. The van der Waals surface area contributed by atoms with E-state index in [9.17, 15) is 4.79 Å². The number of para-hydroxylation sites is 1. The Morgan fingerprint density at radius 2 is 1.54 bits per heavy atom. The summed E-state index contributed by atoms with van der Waals surface area (Å²) < 4.78 is 0. The van der Waals surface area contributed by atoms with Crippen LogP contribution in [0.15, 0.2) is 30.6 Å². The molecule has 0 aliphatic rings. The predicted octanol–water partition coefficient (Wildman–Crippen LogP) is 5.00. The van der Waals surface area contributed by atoms with Crippen molar-refractivity contribution in [1.82, 2.24) is 15.3 Å². The molecule has 0 fully saturated rings. The van der Waals surface area contributed by atoms with E-state index in [-0.39, 0.29) is 11.9 Å². The van der Waals surface area contributed by atoms with Gasteiger partial charge in [-0.15, -0.1) is 0 Å². The second kappa shape index (κ2) is 8.79. The smallest absolute Gasteiger partial charge is 0.254 e. The lowest BCUT2D eigenvalue weighted by Gasteiger charge is -2.20. The Labute approximate surface area is 156 Å². The highest BCUT2D eigenvalue weighted by Gasteiger charge is 2.15. The lowest BCUT2D eigenvalue weighted by molar-refractivity contribution is 0.0938. The summed E-state index contributed by atoms with van der Waals surface area (Å²) in [6, 6.07) is 6.49. The number of hydrogen-bond donors (Lipinski definition) is 2. The van der Waals surface area contributed by atoms with Gasteiger partial charge in [0, 0.05) is 24.1 Å². The van der Waals surface area contributed by atoms with Crippen LogP contribution in [0.3, 0.4) is 0 Å². The summed E-state index contributed by atoms with van der Waals surface area (Å²) in [7, 11) is 0. The van der Waals surface area contributed by atoms with E-state index in [1.54, 1.807) is 12.4 Å². The van der Waals surface area contributed by atoms with Crippen molar-refractivity contribution in [3.63, 3.8) is 0 Å². The van der Waals surface area contributed by atoms with Crippen molar-refractivity contribution in [3.05, 3.63) is 47.3 Å². The number of anilines is 2. The fourth-order valence-electron chi connectivity index (χ4n) is 2.73. The van der Waals surface area contributed by atoms with Gasteiger partial charge in [0.2, 0.25) is 5.95 Å². The summed E-state index contributed by atoms with van der Waals surface area (Å²) in [6.45, 7) is 12.7. The molecule has 5 nitrogen and oxygen atoms in total. The van der Waals surface area contributed by atoms with E-state index in [0.717, 1.165) is 12.1 Å². The minimum absolute atomic E-state index is 0.131. The highest BCUT2D eigenvalue weighted by molar-refractivity contribution is 5.93. The van der Waals surface area contributed by atoms with Crippen LogP contribution in [-0.4, -0.2) is 21.9 Å². The zero-order chi connectivity index (χ0) is 19.3. The van der Waals surface area contributed by atoms with Gasteiger partial charge in [0.15, 0.2) is 0 Å². The van der Waals surface area contributed by atoms with Crippen LogP contribution in [0.1, 0.15) is 81.3 Å². The van der Waals surface area contributed by atoms with Gasteiger partial charge in [-0.25, -0.2) is 9.97 Å². The molecule has 1 atom stereocenters. The van der Waals surface area contributed by atoms with E-state index >= 15 is 0 Å². The summed E-state index contributed by atoms with van der Waals surface area (Å²) in [5.41, 5.74) is 4.00. The maximum Gasteiger partial charge on any atom is 0.254 e. The number of benzene rings is 1. The molecule has 2 rings (SSSR count). The van der Waals surface area contributed by atoms with Gasteiger partial charge in [-0.05, 0) is 36.3 Å². The molecule has 0 aliphatic heterocycles. The van der Waals surface area contributed by atoms with Gasteiger partial charge in [-0.2, -0.15) is 0 Å². The quantitative estimate of drug-likeness (QED) is 0.734. The Hall–Kier alpha value is -2.43. The highest BCUT2D eigenvalue weighted by atomic mass is 16.1. The van der Waals surface area contributed by atoms with E-state index < -0.39 is 0 Å². The summed E-state index contributed by atoms with van der Waals surface area (Å²) in [5, 5.41) is 6.29. The topological polar surface area (TPSA) is 66.9 Å². The molecule has 140 valence electrons. The third-order valence-corrected chi connectivity index (χ3v) is 4.51. The Morgan fingerprint density at radius 1 is 1.00 bits per heavy atom. The molecule has 0 spiro atoms. The van der Waals surface area contributed by atoms with Crippen LogP contribution < -0.4 is 10.6 Å². The lowest BCUT2D eigenvalue weighted by Crippen LogP contribution is -2.32. The van der Waals surface area contributed by atoms with Gasteiger partial charge in [0.1, 0.15) is 0 Å². The molecule has 0 saturated carbocycles. The Kier molecular flexibility index (Phi) is 6.72. The molecule has 26 heavy (non-hydrogen) atoms. The fourth-order valence-corrected chi connectivity index (χ4v) is 2.73.